The van der Waals surface area contributed by atoms with E-state index >= 15 is 0 Å². The second kappa shape index (κ2) is 9.87. The van der Waals surface area contributed by atoms with E-state index in [0.717, 1.165) is 11.1 Å². The van der Waals surface area contributed by atoms with Crippen LogP contribution < -0.4 is 0 Å². The number of carbonyl (C=O) groups excluding carboxylic acids is 2. The van der Waals surface area contributed by atoms with Crippen molar-refractivity contribution >= 4 is 11.9 Å². The molecule has 160 valence electrons. The van der Waals surface area contributed by atoms with Crippen LogP contribution in [0.3, 0.4) is 0 Å². The first kappa shape index (κ1) is 22.0. The Hall–Kier alpha value is -2.70. The zero-order chi connectivity index (χ0) is 21.7. The Bertz CT molecular complexity index is 815. The molecule has 0 spiro atoms. The smallest absolute Gasteiger partial charge is 0.339 e. The highest BCUT2D eigenvalue weighted by atomic mass is 16.6. The van der Waals surface area contributed by atoms with Crippen molar-refractivity contribution in [3.63, 3.8) is 0 Å². The zero-order valence-corrected chi connectivity index (χ0v) is 17.3. The molecule has 2 heterocycles. The van der Waals surface area contributed by atoms with E-state index in [1.165, 1.54) is 0 Å². The molecule has 30 heavy (non-hydrogen) atoms. The number of rotatable bonds is 6. The fourth-order valence-corrected chi connectivity index (χ4v) is 3.65. The highest BCUT2D eigenvalue weighted by Gasteiger charge is 2.31. The summed E-state index contributed by atoms with van der Waals surface area (Å²) in [6.07, 6.45) is 1.60. The van der Waals surface area contributed by atoms with Crippen LogP contribution >= 0.6 is 0 Å². The van der Waals surface area contributed by atoms with Crippen LogP contribution in [-0.2, 0) is 9.47 Å². The molecule has 0 saturated heterocycles. The summed E-state index contributed by atoms with van der Waals surface area (Å²) in [7, 11) is 0. The van der Waals surface area contributed by atoms with Gasteiger partial charge in [0.1, 0.15) is 12.2 Å². The largest absolute Gasteiger partial charge is 0.454 e. The lowest BCUT2D eigenvalue weighted by Crippen LogP contribution is -2.05. The van der Waals surface area contributed by atoms with E-state index in [1.54, 1.807) is 26.0 Å². The fraction of sp³-hybridized carbons (Fsp3) is 0.417. The van der Waals surface area contributed by atoms with Crippen LogP contribution in [0.2, 0.25) is 0 Å². The van der Waals surface area contributed by atoms with Crippen molar-refractivity contribution in [2.75, 3.05) is 0 Å². The van der Waals surface area contributed by atoms with Crippen LogP contribution in [0.15, 0.2) is 48.5 Å². The van der Waals surface area contributed by atoms with Gasteiger partial charge in [0.25, 0.3) is 0 Å². The van der Waals surface area contributed by atoms with E-state index in [2.05, 4.69) is 0 Å². The van der Waals surface area contributed by atoms with Crippen LogP contribution in [0.5, 0.6) is 0 Å². The standard InChI is InChI=1S/2C12H14O3/c2*1-8(13)6-7-11-9-4-2-3-5-10(9)12(14)15-11/h2*2-5,8,11,13H,6-7H2,1H3/t2*8?,11-/m10/s1. The molecule has 2 aliphatic heterocycles. The van der Waals surface area contributed by atoms with Gasteiger partial charge >= 0.3 is 11.9 Å². The maximum Gasteiger partial charge on any atom is 0.339 e. The second-order valence-electron chi connectivity index (χ2n) is 7.82. The highest BCUT2D eigenvalue weighted by molar-refractivity contribution is 5.94. The molecule has 0 amide bonds. The quantitative estimate of drug-likeness (QED) is 0.694. The Morgan fingerprint density at radius 1 is 0.733 bits per heavy atom. The van der Waals surface area contributed by atoms with Gasteiger partial charge in [-0.2, -0.15) is 0 Å². The number of hydrogen-bond donors (Lipinski definition) is 2. The fourth-order valence-electron chi connectivity index (χ4n) is 3.65. The summed E-state index contributed by atoms with van der Waals surface area (Å²) < 4.78 is 10.5. The second-order valence-corrected chi connectivity index (χ2v) is 7.82. The summed E-state index contributed by atoms with van der Waals surface area (Å²) in [5.74, 6) is -0.498. The maximum atomic E-state index is 11.4. The van der Waals surface area contributed by atoms with Crippen molar-refractivity contribution < 1.29 is 29.3 Å². The topological polar surface area (TPSA) is 93.1 Å². The number of esters is 2. The monoisotopic (exact) mass is 412 g/mol. The average Bonchev–Trinajstić information content (AvgIpc) is 3.23. The lowest BCUT2D eigenvalue weighted by Gasteiger charge is -2.11. The summed E-state index contributed by atoms with van der Waals surface area (Å²) in [5.41, 5.74) is 3.22. The van der Waals surface area contributed by atoms with Crippen molar-refractivity contribution in [2.24, 2.45) is 0 Å². The minimum absolute atomic E-state index is 0.178. The first-order valence-electron chi connectivity index (χ1n) is 10.3. The molecule has 6 heteroatoms. The summed E-state index contributed by atoms with van der Waals surface area (Å²) in [6.45, 7) is 3.48. The van der Waals surface area contributed by atoms with Crippen molar-refractivity contribution in [2.45, 2.75) is 63.9 Å². The molecule has 0 bridgehead atoms. The van der Waals surface area contributed by atoms with Gasteiger partial charge in [0, 0.05) is 11.1 Å². The maximum absolute atomic E-state index is 11.4. The molecule has 2 aromatic rings. The predicted octanol–water partition coefficient (Wildman–Crippen LogP) is 4.12. The molecular weight excluding hydrogens is 384 g/mol. The first-order valence-corrected chi connectivity index (χ1v) is 10.3. The van der Waals surface area contributed by atoms with Gasteiger partial charge in [-0.05, 0) is 51.7 Å². The van der Waals surface area contributed by atoms with E-state index in [-0.39, 0.29) is 36.4 Å². The van der Waals surface area contributed by atoms with Crippen LogP contribution in [0.25, 0.3) is 0 Å². The first-order chi connectivity index (χ1) is 14.4. The molecule has 2 aliphatic rings. The predicted molar refractivity (Wildman–Crippen MR) is 111 cm³/mol. The number of fused-ring (bicyclic) bond motifs is 2. The Kier molecular flexibility index (Phi) is 7.24. The molecule has 2 N–H and O–H groups in total. The third-order valence-electron chi connectivity index (χ3n) is 5.25. The van der Waals surface area contributed by atoms with Crippen molar-refractivity contribution in [1.29, 1.82) is 0 Å². The van der Waals surface area contributed by atoms with Gasteiger partial charge < -0.3 is 19.7 Å². The SMILES string of the molecule is CC(O)CC[C@@H]1OC(=O)c2ccccc21.CC(O)CC[C@H]1OC(=O)c2ccccc21. The number of benzene rings is 2. The Labute approximate surface area is 176 Å². The highest BCUT2D eigenvalue weighted by Crippen LogP contribution is 2.34. The Morgan fingerprint density at radius 3 is 1.47 bits per heavy atom. The molecule has 4 atom stereocenters. The third kappa shape index (κ3) is 5.26. The average molecular weight is 412 g/mol. The van der Waals surface area contributed by atoms with Crippen molar-refractivity contribution in [3.8, 4) is 0 Å². The summed E-state index contributed by atoms with van der Waals surface area (Å²) in [5, 5.41) is 18.4. The van der Waals surface area contributed by atoms with E-state index in [4.69, 9.17) is 9.47 Å². The van der Waals surface area contributed by atoms with Gasteiger partial charge in [-0.15, -0.1) is 0 Å². The van der Waals surface area contributed by atoms with Gasteiger partial charge in [-0.3, -0.25) is 0 Å². The number of ether oxygens (including phenoxy) is 2. The van der Waals surface area contributed by atoms with Gasteiger partial charge in [0.15, 0.2) is 0 Å². The van der Waals surface area contributed by atoms with Gasteiger partial charge in [-0.25, -0.2) is 9.59 Å². The van der Waals surface area contributed by atoms with Crippen molar-refractivity contribution in [1.82, 2.24) is 0 Å². The number of cyclic esters (lactones) is 2. The minimum atomic E-state index is -0.350. The Balaban J connectivity index is 0.000000171. The molecule has 0 aromatic heterocycles. The van der Waals surface area contributed by atoms with Gasteiger partial charge in [0.2, 0.25) is 0 Å². The Morgan fingerprint density at radius 2 is 1.10 bits per heavy atom. The lowest BCUT2D eigenvalue weighted by atomic mass is 10.0. The molecule has 2 unspecified atom stereocenters. The van der Waals surface area contributed by atoms with Gasteiger partial charge in [0.05, 0.1) is 23.3 Å². The lowest BCUT2D eigenvalue weighted by molar-refractivity contribution is 0.0325. The number of aliphatic hydroxyl groups is 2. The number of hydrogen-bond acceptors (Lipinski definition) is 6. The van der Waals surface area contributed by atoms with E-state index < -0.39 is 0 Å². The zero-order valence-electron chi connectivity index (χ0n) is 17.3. The van der Waals surface area contributed by atoms with Crippen LogP contribution in [0.1, 0.15) is 83.6 Å². The van der Waals surface area contributed by atoms with E-state index in [0.29, 0.717) is 36.8 Å². The molecule has 0 saturated carbocycles. The molecule has 0 radical (unpaired) electrons. The van der Waals surface area contributed by atoms with Crippen LogP contribution in [0.4, 0.5) is 0 Å². The molecule has 6 nitrogen and oxygen atoms in total. The molecule has 0 fully saturated rings. The molecular formula is C24H28O6. The minimum Gasteiger partial charge on any atom is -0.454 e. The van der Waals surface area contributed by atoms with Crippen LogP contribution in [-0.4, -0.2) is 34.4 Å². The van der Waals surface area contributed by atoms with E-state index in [9.17, 15) is 19.8 Å². The molecule has 0 aliphatic carbocycles. The summed E-state index contributed by atoms with van der Waals surface area (Å²) >= 11 is 0. The third-order valence-corrected chi connectivity index (χ3v) is 5.25. The summed E-state index contributed by atoms with van der Waals surface area (Å²) in [4.78, 5) is 22.9. The molecule has 4 rings (SSSR count). The normalized spacial score (nSPS) is 20.9. The van der Waals surface area contributed by atoms with Gasteiger partial charge in [-0.1, -0.05) is 36.4 Å². The van der Waals surface area contributed by atoms with Crippen molar-refractivity contribution in [3.05, 3.63) is 70.8 Å². The summed E-state index contributed by atoms with van der Waals surface area (Å²) in [6, 6.07) is 14.8. The van der Waals surface area contributed by atoms with E-state index in [1.807, 2.05) is 36.4 Å². The number of carbonyl (C=O) groups is 2. The van der Waals surface area contributed by atoms with Crippen LogP contribution in [0, 0.1) is 0 Å². The molecule has 2 aromatic carbocycles. The number of aliphatic hydroxyl groups excluding tert-OH is 2.